The first-order valence-corrected chi connectivity index (χ1v) is 9.56. The predicted molar refractivity (Wildman–Crippen MR) is 113 cm³/mol. The number of pyridine rings is 1. The average Bonchev–Trinajstić information content (AvgIpc) is 2.78. The number of rotatable bonds is 1. The van der Waals surface area contributed by atoms with E-state index in [9.17, 15) is 14.4 Å². The molecule has 1 aliphatic rings. The monoisotopic (exact) mass is 422 g/mol. The number of nitrogens with zero attached hydrogens (tertiary/aromatic N) is 5. The van der Waals surface area contributed by atoms with Gasteiger partial charge in [0.05, 0.1) is 17.0 Å². The van der Waals surface area contributed by atoms with Crippen molar-refractivity contribution in [2.24, 2.45) is 12.4 Å². The lowest BCUT2D eigenvalue weighted by atomic mass is 9.95. The second-order valence-electron chi connectivity index (χ2n) is 7.71. The molecule has 0 N–H and O–H groups in total. The normalized spacial score (nSPS) is 15.2. The van der Waals surface area contributed by atoms with Crippen LogP contribution in [0.3, 0.4) is 0 Å². The first-order chi connectivity index (χ1) is 15.9. The minimum Gasteiger partial charge on any atom is -0.325 e. The zero-order valence-corrected chi connectivity index (χ0v) is 16.8. The molecule has 2 aromatic heterocycles. The van der Waals surface area contributed by atoms with Gasteiger partial charge < -0.3 is 4.90 Å². The quantitative estimate of drug-likeness (QED) is 0.561. The highest BCUT2D eigenvalue weighted by atomic mass is 19.2. The SMILES string of the molecule is [2H]C([2H])([2H])n1c(=O)nc(N2CCCc3c2ccnc3C#CC(C)(C)C#N)c2c(F)c(F)ccc21. The van der Waals surface area contributed by atoms with Crippen LogP contribution in [0.25, 0.3) is 10.9 Å². The summed E-state index contributed by atoms with van der Waals surface area (Å²) >= 11 is 0. The Morgan fingerprint density at radius 2 is 2.10 bits per heavy atom. The number of anilines is 2. The molecular formula is C23H19F2N5O. The van der Waals surface area contributed by atoms with Crippen LogP contribution in [0.2, 0.25) is 0 Å². The Morgan fingerprint density at radius 1 is 1.29 bits per heavy atom. The molecule has 0 atom stereocenters. The number of aryl methyl sites for hydroxylation is 1. The molecule has 3 heterocycles. The maximum Gasteiger partial charge on any atom is 0.349 e. The Kier molecular flexibility index (Phi) is 4.09. The fourth-order valence-corrected chi connectivity index (χ4v) is 3.52. The summed E-state index contributed by atoms with van der Waals surface area (Å²) in [6, 6.07) is 5.59. The fourth-order valence-electron chi connectivity index (χ4n) is 3.52. The Hall–Kier alpha value is -3.78. The van der Waals surface area contributed by atoms with Crippen LogP contribution < -0.4 is 10.6 Å². The third-order valence-electron chi connectivity index (χ3n) is 5.09. The molecule has 0 fully saturated rings. The smallest absolute Gasteiger partial charge is 0.325 e. The molecule has 156 valence electrons. The first kappa shape index (κ1) is 17.0. The third kappa shape index (κ3) is 3.51. The van der Waals surface area contributed by atoms with Gasteiger partial charge in [-0.2, -0.15) is 10.2 Å². The topological polar surface area (TPSA) is 74.8 Å². The maximum atomic E-state index is 15.1. The van der Waals surface area contributed by atoms with Gasteiger partial charge in [0.2, 0.25) is 0 Å². The maximum absolute atomic E-state index is 15.1. The van der Waals surface area contributed by atoms with Gasteiger partial charge in [-0.1, -0.05) is 5.92 Å². The van der Waals surface area contributed by atoms with E-state index in [-0.39, 0.29) is 11.3 Å². The summed E-state index contributed by atoms with van der Waals surface area (Å²) in [5, 5.41) is 8.82. The molecule has 0 bridgehead atoms. The summed E-state index contributed by atoms with van der Waals surface area (Å²) in [4.78, 5) is 22.5. The molecule has 31 heavy (non-hydrogen) atoms. The lowest BCUT2D eigenvalue weighted by Crippen LogP contribution is -2.31. The number of hydrogen-bond donors (Lipinski definition) is 0. The summed E-state index contributed by atoms with van der Waals surface area (Å²) in [5.74, 6) is 3.14. The van der Waals surface area contributed by atoms with Gasteiger partial charge in [-0.15, -0.1) is 0 Å². The van der Waals surface area contributed by atoms with Crippen molar-refractivity contribution in [3.05, 3.63) is 57.8 Å². The standard InChI is InChI=1S/C23H19F2N5O/c1-23(2,13-26)10-8-16-14-5-4-12-30(17(14)9-11-27-16)21-19-18(29(3)22(31)28-21)7-6-15(24)20(19)25/h6-7,9,11H,4-5,12H2,1-3H3/i3D3. The number of hydrogen-bond acceptors (Lipinski definition) is 5. The van der Waals surface area contributed by atoms with E-state index in [1.165, 1.54) is 6.20 Å². The van der Waals surface area contributed by atoms with Crippen molar-refractivity contribution in [3.63, 3.8) is 0 Å². The van der Waals surface area contributed by atoms with Gasteiger partial charge in [-0.05, 0) is 50.8 Å². The lowest BCUT2D eigenvalue weighted by Gasteiger charge is -2.31. The second kappa shape index (κ2) is 7.48. The Morgan fingerprint density at radius 3 is 2.84 bits per heavy atom. The Balaban J connectivity index is 1.99. The molecule has 1 aromatic carbocycles. The first-order valence-electron chi connectivity index (χ1n) is 11.1. The predicted octanol–water partition coefficient (Wildman–Crippen LogP) is 3.59. The molecule has 4 rings (SSSR count). The number of halogens is 2. The summed E-state index contributed by atoms with van der Waals surface area (Å²) in [5.41, 5.74) is -0.601. The molecule has 3 aromatic rings. The number of aromatic nitrogens is 3. The van der Waals surface area contributed by atoms with Crippen LogP contribution in [0.15, 0.2) is 29.2 Å². The van der Waals surface area contributed by atoms with Gasteiger partial charge >= 0.3 is 5.69 Å². The summed E-state index contributed by atoms with van der Waals surface area (Å²) in [6.07, 6.45) is 2.64. The van der Waals surface area contributed by atoms with Gasteiger partial charge in [0.1, 0.15) is 11.1 Å². The molecule has 0 saturated carbocycles. The van der Waals surface area contributed by atoms with E-state index < -0.39 is 35.1 Å². The number of nitriles is 1. The number of benzene rings is 1. The zero-order valence-electron chi connectivity index (χ0n) is 19.8. The van der Waals surface area contributed by atoms with E-state index in [0.717, 1.165) is 12.1 Å². The van der Waals surface area contributed by atoms with Gasteiger partial charge in [0, 0.05) is 35.1 Å². The fraction of sp³-hybridized carbons (Fsp3) is 0.304. The molecule has 0 saturated heterocycles. The minimum atomic E-state index is -2.94. The van der Waals surface area contributed by atoms with Gasteiger partial charge in [0.15, 0.2) is 17.5 Å². The largest absolute Gasteiger partial charge is 0.349 e. The van der Waals surface area contributed by atoms with Crippen molar-refractivity contribution in [1.29, 1.82) is 5.26 Å². The van der Waals surface area contributed by atoms with E-state index in [4.69, 9.17) is 4.11 Å². The third-order valence-corrected chi connectivity index (χ3v) is 5.09. The van der Waals surface area contributed by atoms with Crippen LogP contribution >= 0.6 is 0 Å². The molecule has 8 heteroatoms. The zero-order chi connectivity index (χ0) is 24.8. The average molecular weight is 422 g/mol. The van der Waals surface area contributed by atoms with Crippen molar-refractivity contribution >= 4 is 22.4 Å². The summed E-state index contributed by atoms with van der Waals surface area (Å²) in [7, 11) is 0. The van der Waals surface area contributed by atoms with Crippen molar-refractivity contribution in [1.82, 2.24) is 14.5 Å². The molecule has 0 unspecified atom stereocenters. The summed E-state index contributed by atoms with van der Waals surface area (Å²) in [6.45, 7) is 0.734. The molecular weight excluding hydrogens is 400 g/mol. The Bertz CT molecular complexity index is 1480. The van der Waals surface area contributed by atoms with E-state index in [0.29, 0.717) is 40.9 Å². The van der Waals surface area contributed by atoms with Crippen LogP contribution in [-0.2, 0) is 13.4 Å². The van der Waals surface area contributed by atoms with E-state index in [1.54, 1.807) is 24.8 Å². The van der Waals surface area contributed by atoms with Crippen LogP contribution in [0.5, 0.6) is 0 Å². The van der Waals surface area contributed by atoms with E-state index in [1.807, 2.05) is 0 Å². The summed E-state index contributed by atoms with van der Waals surface area (Å²) < 4.78 is 52.7. The van der Waals surface area contributed by atoms with Crippen molar-refractivity contribution in [2.75, 3.05) is 11.4 Å². The van der Waals surface area contributed by atoms with E-state index >= 15 is 4.39 Å². The number of fused-ring (bicyclic) bond motifs is 2. The Labute approximate surface area is 182 Å². The molecule has 0 aliphatic carbocycles. The van der Waals surface area contributed by atoms with Crippen molar-refractivity contribution in [3.8, 4) is 17.9 Å². The van der Waals surface area contributed by atoms with Crippen molar-refractivity contribution in [2.45, 2.75) is 26.7 Å². The molecule has 0 amide bonds. The van der Waals surface area contributed by atoms with Gasteiger partial charge in [-0.25, -0.2) is 18.6 Å². The highest BCUT2D eigenvalue weighted by Gasteiger charge is 2.26. The van der Waals surface area contributed by atoms with Gasteiger partial charge in [0.25, 0.3) is 0 Å². The molecule has 6 nitrogen and oxygen atoms in total. The van der Waals surface area contributed by atoms with Crippen LogP contribution in [0, 0.1) is 40.2 Å². The van der Waals surface area contributed by atoms with Crippen LogP contribution in [0.1, 0.15) is 35.6 Å². The van der Waals surface area contributed by atoms with Crippen molar-refractivity contribution < 1.29 is 12.9 Å². The molecule has 1 aliphatic heterocycles. The minimum absolute atomic E-state index is 0.180. The van der Waals surface area contributed by atoms with Gasteiger partial charge in [-0.3, -0.25) is 4.57 Å². The molecule has 0 radical (unpaired) electrons. The highest BCUT2D eigenvalue weighted by Crippen LogP contribution is 2.37. The molecule has 0 spiro atoms. The van der Waals surface area contributed by atoms with Crippen LogP contribution in [0.4, 0.5) is 20.3 Å². The van der Waals surface area contributed by atoms with E-state index in [2.05, 4.69) is 27.9 Å². The van der Waals surface area contributed by atoms with Crippen LogP contribution in [-0.4, -0.2) is 21.1 Å². The second-order valence-corrected chi connectivity index (χ2v) is 7.71. The highest BCUT2D eigenvalue weighted by molar-refractivity contribution is 5.93. The lowest BCUT2D eigenvalue weighted by molar-refractivity contribution is 0.516.